The van der Waals surface area contributed by atoms with Crippen molar-refractivity contribution in [3.8, 4) is 0 Å². The summed E-state index contributed by atoms with van der Waals surface area (Å²) in [5, 5.41) is 7.15. The van der Waals surface area contributed by atoms with E-state index in [1.807, 2.05) is 30.1 Å². The van der Waals surface area contributed by atoms with Gasteiger partial charge in [0.15, 0.2) is 0 Å². The van der Waals surface area contributed by atoms with Crippen molar-refractivity contribution in [2.45, 2.75) is 38.0 Å². The quantitative estimate of drug-likeness (QED) is 0.939. The molecule has 4 rings (SSSR count). The molecule has 1 N–H and O–H groups in total. The fourth-order valence-electron chi connectivity index (χ4n) is 3.45. The summed E-state index contributed by atoms with van der Waals surface area (Å²) in [5.74, 6) is 0.947. The highest BCUT2D eigenvalue weighted by Crippen LogP contribution is 2.41. The Labute approximate surface area is 141 Å². The number of nitrogens with one attached hydrogen (secondary N) is 1. The second kappa shape index (κ2) is 6.26. The maximum atomic E-state index is 12.6. The Kier molecular flexibility index (Phi) is 3.96. The van der Waals surface area contributed by atoms with E-state index in [1.165, 1.54) is 19.3 Å². The molecule has 0 atom stereocenters. The van der Waals surface area contributed by atoms with Crippen LogP contribution < -0.4 is 10.2 Å². The van der Waals surface area contributed by atoms with Crippen molar-refractivity contribution in [1.29, 1.82) is 0 Å². The minimum Gasteiger partial charge on any atom is -0.370 e. The number of aromatic nitrogens is 3. The third-order valence-electron chi connectivity index (χ3n) is 4.90. The number of hydrogen-bond acceptors (Lipinski definition) is 4. The van der Waals surface area contributed by atoms with Gasteiger partial charge in [-0.2, -0.15) is 5.10 Å². The van der Waals surface area contributed by atoms with Crippen LogP contribution in [-0.2, 0) is 7.05 Å². The van der Waals surface area contributed by atoms with Crippen LogP contribution in [-0.4, -0.2) is 33.8 Å². The Balaban J connectivity index is 1.46. The van der Waals surface area contributed by atoms with Crippen LogP contribution in [0.1, 0.15) is 54.1 Å². The van der Waals surface area contributed by atoms with Crippen molar-refractivity contribution in [1.82, 2.24) is 14.8 Å². The van der Waals surface area contributed by atoms with Crippen molar-refractivity contribution >= 4 is 17.4 Å². The Bertz CT molecular complexity index is 726. The molecule has 2 fully saturated rings. The van der Waals surface area contributed by atoms with E-state index in [-0.39, 0.29) is 5.91 Å². The molecule has 3 heterocycles. The zero-order valence-corrected chi connectivity index (χ0v) is 14.0. The Morgan fingerprint density at radius 1 is 1.17 bits per heavy atom. The molecule has 1 saturated heterocycles. The predicted molar refractivity (Wildman–Crippen MR) is 93.4 cm³/mol. The first-order valence-corrected chi connectivity index (χ1v) is 8.76. The molecule has 0 unspecified atom stereocenters. The van der Waals surface area contributed by atoms with Crippen molar-refractivity contribution < 1.29 is 4.79 Å². The second-order valence-electron chi connectivity index (χ2n) is 6.74. The van der Waals surface area contributed by atoms with Crippen molar-refractivity contribution in [2.24, 2.45) is 7.05 Å². The lowest BCUT2D eigenvalue weighted by molar-refractivity contribution is 0.102. The van der Waals surface area contributed by atoms with Gasteiger partial charge in [0.05, 0.1) is 29.3 Å². The second-order valence-corrected chi connectivity index (χ2v) is 6.74. The highest BCUT2D eigenvalue weighted by atomic mass is 16.1. The molecule has 1 aliphatic carbocycles. The van der Waals surface area contributed by atoms with Crippen LogP contribution in [0.4, 0.5) is 11.5 Å². The van der Waals surface area contributed by atoms with Gasteiger partial charge in [-0.1, -0.05) is 0 Å². The fourth-order valence-corrected chi connectivity index (χ4v) is 3.45. The first-order chi connectivity index (χ1) is 11.7. The largest absolute Gasteiger partial charge is 0.370 e. The van der Waals surface area contributed by atoms with Gasteiger partial charge in [0.1, 0.15) is 5.82 Å². The van der Waals surface area contributed by atoms with E-state index in [0.717, 1.165) is 37.3 Å². The summed E-state index contributed by atoms with van der Waals surface area (Å²) in [7, 11) is 1.90. The number of anilines is 2. The van der Waals surface area contributed by atoms with E-state index < -0.39 is 0 Å². The van der Waals surface area contributed by atoms with Crippen LogP contribution in [0.5, 0.6) is 0 Å². The van der Waals surface area contributed by atoms with Gasteiger partial charge in [0.2, 0.25) is 0 Å². The summed E-state index contributed by atoms with van der Waals surface area (Å²) in [6, 6.07) is 3.92. The number of aryl methyl sites for hydroxylation is 1. The van der Waals surface area contributed by atoms with E-state index in [2.05, 4.69) is 20.3 Å². The third kappa shape index (κ3) is 3.00. The Morgan fingerprint density at radius 2 is 1.96 bits per heavy atom. The van der Waals surface area contributed by atoms with Gasteiger partial charge < -0.3 is 10.2 Å². The lowest BCUT2D eigenvalue weighted by atomic mass is 10.1. The fraction of sp³-hybridized carbons (Fsp3) is 0.500. The van der Waals surface area contributed by atoms with Crippen LogP contribution in [0, 0.1) is 0 Å². The van der Waals surface area contributed by atoms with Gasteiger partial charge in [0.25, 0.3) is 5.91 Å². The molecule has 126 valence electrons. The van der Waals surface area contributed by atoms with Crippen LogP contribution in [0.15, 0.2) is 24.5 Å². The number of rotatable bonds is 4. The van der Waals surface area contributed by atoms with Gasteiger partial charge >= 0.3 is 0 Å². The molecular weight excluding hydrogens is 302 g/mol. The van der Waals surface area contributed by atoms with Crippen molar-refractivity contribution in [3.63, 3.8) is 0 Å². The molecule has 6 nitrogen and oxygen atoms in total. The molecule has 1 saturated carbocycles. The average molecular weight is 325 g/mol. The van der Waals surface area contributed by atoms with Gasteiger partial charge in [0, 0.05) is 26.1 Å². The summed E-state index contributed by atoms with van der Waals surface area (Å²) in [6.45, 7) is 2.18. The molecule has 0 spiro atoms. The molecule has 0 radical (unpaired) electrons. The van der Waals surface area contributed by atoms with Crippen molar-refractivity contribution in [3.05, 3.63) is 35.8 Å². The van der Waals surface area contributed by atoms with Crippen LogP contribution in [0.3, 0.4) is 0 Å². The summed E-state index contributed by atoms with van der Waals surface area (Å²) < 4.78 is 1.82. The van der Waals surface area contributed by atoms with E-state index in [4.69, 9.17) is 0 Å². The van der Waals surface area contributed by atoms with Gasteiger partial charge in [-0.25, -0.2) is 4.98 Å². The lowest BCUT2D eigenvalue weighted by Gasteiger charge is -2.28. The molecule has 2 aromatic heterocycles. The minimum atomic E-state index is -0.122. The number of carbonyl (C=O) groups is 1. The maximum Gasteiger partial charge on any atom is 0.260 e. The molecule has 0 aromatic carbocycles. The zero-order valence-electron chi connectivity index (χ0n) is 14.0. The van der Waals surface area contributed by atoms with Gasteiger partial charge in [-0.3, -0.25) is 9.48 Å². The first kappa shape index (κ1) is 15.2. The third-order valence-corrected chi connectivity index (χ3v) is 4.90. The SMILES string of the molecule is Cn1ncc(C(=O)Nc2ccc(N3CCCCC3)cn2)c1C1CC1. The zero-order chi connectivity index (χ0) is 16.5. The number of piperidine rings is 1. The Hall–Kier alpha value is -2.37. The summed E-state index contributed by atoms with van der Waals surface area (Å²) >= 11 is 0. The lowest BCUT2D eigenvalue weighted by Crippen LogP contribution is -2.29. The van der Waals surface area contributed by atoms with Crippen LogP contribution in [0.2, 0.25) is 0 Å². The highest BCUT2D eigenvalue weighted by molar-refractivity contribution is 6.04. The molecule has 2 aliphatic rings. The summed E-state index contributed by atoms with van der Waals surface area (Å²) in [6.07, 6.45) is 9.58. The maximum absolute atomic E-state index is 12.6. The van der Waals surface area contributed by atoms with E-state index in [1.54, 1.807) is 6.20 Å². The van der Waals surface area contributed by atoms with Gasteiger partial charge in [-0.05, 0) is 44.2 Å². The molecule has 1 aliphatic heterocycles. The minimum absolute atomic E-state index is 0.122. The standard InChI is InChI=1S/C18H23N5O/c1-22-17(13-5-6-13)15(12-20-22)18(24)21-16-8-7-14(11-19-16)23-9-3-2-4-10-23/h7-8,11-13H,2-6,9-10H2,1H3,(H,19,21,24). The molecule has 2 aromatic rings. The molecule has 24 heavy (non-hydrogen) atoms. The molecule has 6 heteroatoms. The van der Waals surface area contributed by atoms with Crippen LogP contribution >= 0.6 is 0 Å². The number of hydrogen-bond donors (Lipinski definition) is 1. The summed E-state index contributed by atoms with van der Waals surface area (Å²) in [5.41, 5.74) is 2.84. The van der Waals surface area contributed by atoms with E-state index in [0.29, 0.717) is 17.3 Å². The normalized spacial score (nSPS) is 17.8. The smallest absolute Gasteiger partial charge is 0.260 e. The van der Waals surface area contributed by atoms with Crippen LogP contribution in [0.25, 0.3) is 0 Å². The molecular formula is C18H23N5O. The van der Waals surface area contributed by atoms with E-state index >= 15 is 0 Å². The first-order valence-electron chi connectivity index (χ1n) is 8.76. The number of pyridine rings is 1. The van der Waals surface area contributed by atoms with Gasteiger partial charge in [-0.15, -0.1) is 0 Å². The average Bonchev–Trinajstić information content (AvgIpc) is 3.38. The summed E-state index contributed by atoms with van der Waals surface area (Å²) in [4.78, 5) is 19.3. The monoisotopic (exact) mass is 325 g/mol. The highest BCUT2D eigenvalue weighted by Gasteiger charge is 2.31. The number of amides is 1. The topological polar surface area (TPSA) is 63.1 Å². The molecule has 0 bridgehead atoms. The number of nitrogens with zero attached hydrogens (tertiary/aromatic N) is 4. The predicted octanol–water partition coefficient (Wildman–Crippen LogP) is 2.94. The van der Waals surface area contributed by atoms with Crippen molar-refractivity contribution in [2.75, 3.05) is 23.3 Å². The molecule has 1 amide bonds. The Morgan fingerprint density at radius 3 is 2.62 bits per heavy atom. The van der Waals surface area contributed by atoms with E-state index in [9.17, 15) is 4.79 Å². The number of carbonyl (C=O) groups excluding carboxylic acids is 1.